The van der Waals surface area contributed by atoms with Gasteiger partial charge in [0.15, 0.2) is 0 Å². The molecule has 4 nitrogen and oxygen atoms in total. The molecule has 106 valence electrons. The Bertz CT molecular complexity index is 573. The highest BCUT2D eigenvalue weighted by Gasteiger charge is 2.12. The van der Waals surface area contributed by atoms with E-state index in [1.807, 2.05) is 6.92 Å². The third-order valence-electron chi connectivity index (χ3n) is 3.06. The largest absolute Gasteiger partial charge is 0.506 e. The fraction of sp³-hybridized carbons (Fsp3) is 0.267. The summed E-state index contributed by atoms with van der Waals surface area (Å²) in [5, 5.41) is 12.4. The van der Waals surface area contributed by atoms with Gasteiger partial charge >= 0.3 is 0 Å². The Hall–Kier alpha value is -2.14. The van der Waals surface area contributed by atoms with E-state index in [1.165, 1.54) is 18.3 Å². The molecule has 0 spiro atoms. The van der Waals surface area contributed by atoms with E-state index in [2.05, 4.69) is 10.3 Å². The van der Waals surface area contributed by atoms with E-state index in [4.69, 9.17) is 9.84 Å². The Labute approximate surface area is 117 Å². The number of methoxy groups -OCH3 is 1. The van der Waals surface area contributed by atoms with Crippen LogP contribution in [0.2, 0.25) is 0 Å². The maximum Gasteiger partial charge on any atom is 0.133 e. The van der Waals surface area contributed by atoms with Crippen molar-refractivity contribution < 1.29 is 14.2 Å². The number of benzene rings is 1. The van der Waals surface area contributed by atoms with Crippen molar-refractivity contribution in [1.82, 2.24) is 10.3 Å². The zero-order valence-corrected chi connectivity index (χ0v) is 11.4. The van der Waals surface area contributed by atoms with Crippen molar-refractivity contribution in [2.75, 3.05) is 7.11 Å². The molecule has 0 amide bonds. The SMILES string of the molecule is COc1ccc(F)cc1C(C)NCc1ccc(O)cn1. The number of ether oxygens (including phenoxy) is 1. The van der Waals surface area contributed by atoms with Gasteiger partial charge in [-0.1, -0.05) is 0 Å². The number of rotatable bonds is 5. The summed E-state index contributed by atoms with van der Waals surface area (Å²) in [6.45, 7) is 2.44. The van der Waals surface area contributed by atoms with Crippen molar-refractivity contribution in [3.05, 3.63) is 53.6 Å². The first-order valence-electron chi connectivity index (χ1n) is 6.31. The van der Waals surface area contributed by atoms with E-state index in [0.29, 0.717) is 12.3 Å². The monoisotopic (exact) mass is 276 g/mol. The number of hydrogen-bond acceptors (Lipinski definition) is 4. The van der Waals surface area contributed by atoms with Crippen LogP contribution in [-0.2, 0) is 6.54 Å². The minimum atomic E-state index is -0.294. The summed E-state index contributed by atoms with van der Waals surface area (Å²) in [6.07, 6.45) is 1.39. The molecule has 0 saturated carbocycles. The van der Waals surface area contributed by atoms with Crippen LogP contribution in [0.25, 0.3) is 0 Å². The highest BCUT2D eigenvalue weighted by molar-refractivity contribution is 5.36. The summed E-state index contributed by atoms with van der Waals surface area (Å²) in [4.78, 5) is 4.09. The molecular formula is C15H17FN2O2. The van der Waals surface area contributed by atoms with Crippen LogP contribution in [0.3, 0.4) is 0 Å². The second kappa shape index (κ2) is 6.34. The summed E-state index contributed by atoms with van der Waals surface area (Å²) < 4.78 is 18.6. The van der Waals surface area contributed by atoms with Gasteiger partial charge < -0.3 is 15.2 Å². The molecule has 0 aliphatic rings. The number of halogens is 1. The second-order valence-corrected chi connectivity index (χ2v) is 4.50. The quantitative estimate of drug-likeness (QED) is 0.881. The van der Waals surface area contributed by atoms with Crippen molar-refractivity contribution in [1.29, 1.82) is 0 Å². The minimum Gasteiger partial charge on any atom is -0.506 e. The van der Waals surface area contributed by atoms with Gasteiger partial charge in [-0.15, -0.1) is 0 Å². The van der Waals surface area contributed by atoms with Crippen LogP contribution < -0.4 is 10.1 Å². The summed E-state index contributed by atoms with van der Waals surface area (Å²) in [7, 11) is 1.56. The Balaban J connectivity index is 2.06. The van der Waals surface area contributed by atoms with Crippen molar-refractivity contribution in [2.24, 2.45) is 0 Å². The zero-order chi connectivity index (χ0) is 14.5. The van der Waals surface area contributed by atoms with Crippen LogP contribution in [0, 0.1) is 5.82 Å². The van der Waals surface area contributed by atoms with Gasteiger partial charge in [-0.2, -0.15) is 0 Å². The maximum atomic E-state index is 13.3. The summed E-state index contributed by atoms with van der Waals surface area (Å²) in [6, 6.07) is 7.67. The molecule has 2 aromatic rings. The van der Waals surface area contributed by atoms with Gasteiger partial charge in [-0.05, 0) is 37.3 Å². The van der Waals surface area contributed by atoms with Gasteiger partial charge in [0.1, 0.15) is 17.3 Å². The third-order valence-corrected chi connectivity index (χ3v) is 3.06. The molecule has 2 N–H and O–H groups in total. The highest BCUT2D eigenvalue weighted by atomic mass is 19.1. The van der Waals surface area contributed by atoms with Crippen LogP contribution in [0.5, 0.6) is 11.5 Å². The molecule has 1 atom stereocenters. The Morgan fingerprint density at radius 3 is 2.80 bits per heavy atom. The van der Waals surface area contributed by atoms with Gasteiger partial charge in [-0.3, -0.25) is 4.98 Å². The van der Waals surface area contributed by atoms with Gasteiger partial charge in [0.25, 0.3) is 0 Å². The van der Waals surface area contributed by atoms with Crippen LogP contribution in [-0.4, -0.2) is 17.2 Å². The van der Waals surface area contributed by atoms with E-state index in [9.17, 15) is 4.39 Å². The number of aromatic nitrogens is 1. The summed E-state index contributed by atoms with van der Waals surface area (Å²) >= 11 is 0. The minimum absolute atomic E-state index is 0.0868. The van der Waals surface area contributed by atoms with Crippen molar-refractivity contribution in [3.63, 3.8) is 0 Å². The molecule has 0 fully saturated rings. The average Bonchev–Trinajstić information content (AvgIpc) is 2.46. The molecule has 1 unspecified atom stereocenters. The average molecular weight is 276 g/mol. The Morgan fingerprint density at radius 1 is 1.35 bits per heavy atom. The second-order valence-electron chi connectivity index (χ2n) is 4.50. The van der Waals surface area contributed by atoms with Crippen molar-refractivity contribution >= 4 is 0 Å². The Kier molecular flexibility index (Phi) is 4.53. The molecule has 0 aliphatic heterocycles. The van der Waals surface area contributed by atoms with E-state index in [1.54, 1.807) is 25.3 Å². The molecule has 1 aromatic carbocycles. The predicted molar refractivity (Wildman–Crippen MR) is 74.1 cm³/mol. The third kappa shape index (κ3) is 3.45. The predicted octanol–water partition coefficient (Wildman–Crippen LogP) is 2.79. The van der Waals surface area contributed by atoms with E-state index >= 15 is 0 Å². The first-order chi connectivity index (χ1) is 9.60. The fourth-order valence-electron chi connectivity index (χ4n) is 1.93. The standard InChI is InChI=1S/C15H17FN2O2/c1-10(14-7-11(16)3-6-15(14)20-2)17-8-12-4-5-13(19)9-18-12/h3-7,9-10,17,19H,8H2,1-2H3. The fourth-order valence-corrected chi connectivity index (χ4v) is 1.93. The molecule has 1 heterocycles. The van der Waals surface area contributed by atoms with Crippen molar-refractivity contribution in [3.8, 4) is 11.5 Å². The number of hydrogen-bond donors (Lipinski definition) is 2. The van der Waals surface area contributed by atoms with Gasteiger partial charge in [0.05, 0.1) is 19.0 Å². The Morgan fingerprint density at radius 2 is 2.15 bits per heavy atom. The van der Waals surface area contributed by atoms with Crippen LogP contribution in [0.1, 0.15) is 24.2 Å². The van der Waals surface area contributed by atoms with Crippen LogP contribution in [0.4, 0.5) is 4.39 Å². The van der Waals surface area contributed by atoms with E-state index in [0.717, 1.165) is 11.3 Å². The number of aromatic hydroxyl groups is 1. The lowest BCUT2D eigenvalue weighted by Crippen LogP contribution is -2.19. The molecule has 1 aromatic heterocycles. The molecule has 0 bridgehead atoms. The smallest absolute Gasteiger partial charge is 0.133 e. The summed E-state index contributed by atoms with van der Waals surface area (Å²) in [5.74, 6) is 0.482. The van der Waals surface area contributed by atoms with Crippen LogP contribution >= 0.6 is 0 Å². The van der Waals surface area contributed by atoms with Gasteiger partial charge in [0, 0.05) is 18.2 Å². The lowest BCUT2D eigenvalue weighted by molar-refractivity contribution is 0.399. The lowest BCUT2D eigenvalue weighted by Gasteiger charge is -2.17. The number of pyridine rings is 1. The first kappa shape index (κ1) is 14.3. The zero-order valence-electron chi connectivity index (χ0n) is 11.4. The highest BCUT2D eigenvalue weighted by Crippen LogP contribution is 2.25. The summed E-state index contributed by atoms with van der Waals surface area (Å²) in [5.41, 5.74) is 1.55. The van der Waals surface area contributed by atoms with Gasteiger partial charge in [0.2, 0.25) is 0 Å². The first-order valence-corrected chi connectivity index (χ1v) is 6.31. The normalized spacial score (nSPS) is 12.2. The molecular weight excluding hydrogens is 259 g/mol. The van der Waals surface area contributed by atoms with E-state index < -0.39 is 0 Å². The molecule has 0 radical (unpaired) electrons. The molecule has 2 rings (SSSR count). The van der Waals surface area contributed by atoms with Gasteiger partial charge in [-0.25, -0.2) is 4.39 Å². The molecule has 0 aliphatic carbocycles. The number of nitrogens with one attached hydrogen (secondary N) is 1. The molecule has 20 heavy (non-hydrogen) atoms. The lowest BCUT2D eigenvalue weighted by atomic mass is 10.1. The number of nitrogens with zero attached hydrogens (tertiary/aromatic N) is 1. The maximum absolute atomic E-state index is 13.3. The molecule has 0 saturated heterocycles. The topological polar surface area (TPSA) is 54.4 Å². The molecule has 5 heteroatoms. The van der Waals surface area contributed by atoms with Crippen molar-refractivity contribution in [2.45, 2.75) is 19.5 Å². The van der Waals surface area contributed by atoms with E-state index in [-0.39, 0.29) is 17.6 Å². The van der Waals surface area contributed by atoms with Crippen LogP contribution in [0.15, 0.2) is 36.5 Å².